The second-order valence-electron chi connectivity index (χ2n) is 3.25. The minimum Gasteiger partial charge on any atom is -0.366 e. The maximum Gasteiger partial charge on any atom is 0.244 e. The minimum atomic E-state index is 0.538. The normalized spacial score (nSPS) is 14.9. The molecule has 0 bridgehead atoms. The van der Waals surface area contributed by atoms with Crippen molar-refractivity contribution in [1.29, 1.82) is 0 Å². The molecular formula is C9H13N5. The summed E-state index contributed by atoms with van der Waals surface area (Å²) in [5.41, 5.74) is 0. The van der Waals surface area contributed by atoms with Crippen molar-refractivity contribution >= 4 is 11.8 Å². The molecule has 1 aliphatic carbocycles. The van der Waals surface area contributed by atoms with Crippen molar-refractivity contribution in [1.82, 2.24) is 15.2 Å². The lowest BCUT2D eigenvalue weighted by molar-refractivity contribution is 0.953. The molecule has 1 fully saturated rings. The fourth-order valence-electron chi connectivity index (χ4n) is 1.05. The minimum absolute atomic E-state index is 0.538. The predicted octanol–water partition coefficient (Wildman–Crippen LogP) is 1.04. The fourth-order valence-corrected chi connectivity index (χ4v) is 1.05. The summed E-state index contributed by atoms with van der Waals surface area (Å²) in [6.07, 6.45) is 5.83. The van der Waals surface area contributed by atoms with Crippen LogP contribution >= 0.6 is 0 Å². The SMILES string of the molecule is C=CCNc1nncc(NC2CC2)n1. The molecule has 0 spiro atoms. The second-order valence-corrected chi connectivity index (χ2v) is 3.25. The maximum atomic E-state index is 4.25. The van der Waals surface area contributed by atoms with E-state index in [0.29, 0.717) is 18.5 Å². The fraction of sp³-hybridized carbons (Fsp3) is 0.444. The lowest BCUT2D eigenvalue weighted by Crippen LogP contribution is -2.08. The van der Waals surface area contributed by atoms with Crippen LogP contribution < -0.4 is 10.6 Å². The van der Waals surface area contributed by atoms with Gasteiger partial charge in [0.25, 0.3) is 0 Å². The standard InChI is InChI=1S/C9H13N5/c1-2-5-10-9-13-8(6-11-14-9)12-7-3-4-7/h2,6-7H,1,3-5H2,(H2,10,12,13,14). The molecule has 1 heterocycles. The van der Waals surface area contributed by atoms with E-state index in [0.717, 1.165) is 5.82 Å². The number of nitrogens with one attached hydrogen (secondary N) is 2. The van der Waals surface area contributed by atoms with Crippen LogP contribution in [-0.2, 0) is 0 Å². The van der Waals surface area contributed by atoms with Crippen molar-refractivity contribution in [2.45, 2.75) is 18.9 Å². The highest BCUT2D eigenvalue weighted by molar-refractivity contribution is 5.39. The molecule has 1 aromatic rings. The molecule has 0 unspecified atom stereocenters. The van der Waals surface area contributed by atoms with E-state index in [2.05, 4.69) is 32.4 Å². The van der Waals surface area contributed by atoms with E-state index < -0.39 is 0 Å². The molecule has 2 N–H and O–H groups in total. The van der Waals surface area contributed by atoms with Gasteiger partial charge in [0.1, 0.15) is 0 Å². The Morgan fingerprint density at radius 2 is 2.43 bits per heavy atom. The van der Waals surface area contributed by atoms with Crippen LogP contribution in [-0.4, -0.2) is 27.8 Å². The van der Waals surface area contributed by atoms with E-state index >= 15 is 0 Å². The number of nitrogens with zero attached hydrogens (tertiary/aromatic N) is 3. The predicted molar refractivity (Wildman–Crippen MR) is 55.2 cm³/mol. The Kier molecular flexibility index (Phi) is 2.58. The molecule has 0 radical (unpaired) electrons. The molecule has 5 nitrogen and oxygen atoms in total. The number of hydrogen-bond acceptors (Lipinski definition) is 5. The van der Waals surface area contributed by atoms with Crippen molar-refractivity contribution in [2.75, 3.05) is 17.2 Å². The van der Waals surface area contributed by atoms with Crippen LogP contribution in [0.15, 0.2) is 18.9 Å². The third kappa shape index (κ3) is 2.42. The average Bonchev–Trinajstić information content (AvgIpc) is 2.99. The molecule has 1 aliphatic rings. The van der Waals surface area contributed by atoms with Gasteiger partial charge in [0.15, 0.2) is 5.82 Å². The summed E-state index contributed by atoms with van der Waals surface area (Å²) in [5, 5.41) is 13.9. The van der Waals surface area contributed by atoms with Crippen molar-refractivity contribution in [3.63, 3.8) is 0 Å². The van der Waals surface area contributed by atoms with Crippen molar-refractivity contribution in [3.05, 3.63) is 18.9 Å². The molecule has 0 atom stereocenters. The Morgan fingerprint density at radius 1 is 1.57 bits per heavy atom. The van der Waals surface area contributed by atoms with Crippen LogP contribution in [0.5, 0.6) is 0 Å². The van der Waals surface area contributed by atoms with Gasteiger partial charge >= 0.3 is 0 Å². The van der Waals surface area contributed by atoms with Crippen LogP contribution in [0.3, 0.4) is 0 Å². The number of anilines is 2. The Morgan fingerprint density at radius 3 is 3.14 bits per heavy atom. The molecular weight excluding hydrogens is 178 g/mol. The van der Waals surface area contributed by atoms with Gasteiger partial charge in [0.05, 0.1) is 6.20 Å². The molecule has 2 rings (SSSR count). The van der Waals surface area contributed by atoms with E-state index in [4.69, 9.17) is 0 Å². The van der Waals surface area contributed by atoms with E-state index in [1.54, 1.807) is 12.3 Å². The summed E-state index contributed by atoms with van der Waals surface area (Å²) in [6, 6.07) is 0.582. The quantitative estimate of drug-likeness (QED) is 0.681. The zero-order valence-electron chi connectivity index (χ0n) is 7.90. The largest absolute Gasteiger partial charge is 0.366 e. The van der Waals surface area contributed by atoms with Gasteiger partial charge in [-0.1, -0.05) is 6.08 Å². The summed E-state index contributed by atoms with van der Waals surface area (Å²) in [7, 11) is 0. The lowest BCUT2D eigenvalue weighted by atomic mass is 10.6. The van der Waals surface area contributed by atoms with E-state index in [1.165, 1.54) is 12.8 Å². The first-order chi connectivity index (χ1) is 6.88. The smallest absolute Gasteiger partial charge is 0.244 e. The van der Waals surface area contributed by atoms with Crippen molar-refractivity contribution in [2.24, 2.45) is 0 Å². The third-order valence-electron chi connectivity index (χ3n) is 1.89. The molecule has 14 heavy (non-hydrogen) atoms. The van der Waals surface area contributed by atoms with Gasteiger partial charge in [0.2, 0.25) is 5.95 Å². The lowest BCUT2D eigenvalue weighted by Gasteiger charge is -2.04. The van der Waals surface area contributed by atoms with Crippen LogP contribution in [0.4, 0.5) is 11.8 Å². The van der Waals surface area contributed by atoms with Gasteiger partial charge in [-0.2, -0.15) is 10.1 Å². The van der Waals surface area contributed by atoms with Gasteiger partial charge in [-0.25, -0.2) is 0 Å². The number of rotatable bonds is 5. The summed E-state index contributed by atoms with van der Waals surface area (Å²) >= 11 is 0. The molecule has 74 valence electrons. The molecule has 1 saturated carbocycles. The van der Waals surface area contributed by atoms with Crippen LogP contribution in [0.1, 0.15) is 12.8 Å². The van der Waals surface area contributed by atoms with E-state index in [1.807, 2.05) is 0 Å². The second kappa shape index (κ2) is 4.04. The molecule has 0 saturated heterocycles. The molecule has 0 aromatic carbocycles. The highest BCUT2D eigenvalue weighted by Crippen LogP contribution is 2.23. The molecule has 5 heteroatoms. The van der Waals surface area contributed by atoms with Crippen molar-refractivity contribution in [3.8, 4) is 0 Å². The summed E-state index contributed by atoms with van der Waals surface area (Å²) < 4.78 is 0. The monoisotopic (exact) mass is 191 g/mol. The third-order valence-corrected chi connectivity index (χ3v) is 1.89. The van der Waals surface area contributed by atoms with E-state index in [-0.39, 0.29) is 0 Å². The summed E-state index contributed by atoms with van der Waals surface area (Å²) in [4.78, 5) is 4.25. The highest BCUT2D eigenvalue weighted by atomic mass is 15.3. The van der Waals surface area contributed by atoms with Crippen LogP contribution in [0, 0.1) is 0 Å². The first-order valence-electron chi connectivity index (χ1n) is 4.69. The van der Waals surface area contributed by atoms with Gasteiger partial charge in [0, 0.05) is 12.6 Å². The van der Waals surface area contributed by atoms with Gasteiger partial charge < -0.3 is 10.6 Å². The van der Waals surface area contributed by atoms with Crippen LogP contribution in [0.2, 0.25) is 0 Å². The van der Waals surface area contributed by atoms with Gasteiger partial charge in [-0.15, -0.1) is 11.7 Å². The van der Waals surface area contributed by atoms with Gasteiger partial charge in [-0.05, 0) is 12.8 Å². The average molecular weight is 191 g/mol. The Balaban J connectivity index is 1.97. The first-order valence-corrected chi connectivity index (χ1v) is 4.69. The number of aromatic nitrogens is 3. The molecule has 1 aromatic heterocycles. The first kappa shape index (κ1) is 8.93. The topological polar surface area (TPSA) is 62.7 Å². The zero-order valence-corrected chi connectivity index (χ0v) is 7.90. The summed E-state index contributed by atoms with van der Waals surface area (Å²) in [6.45, 7) is 4.25. The number of hydrogen-bond donors (Lipinski definition) is 2. The van der Waals surface area contributed by atoms with E-state index in [9.17, 15) is 0 Å². The Hall–Kier alpha value is -1.65. The van der Waals surface area contributed by atoms with Crippen LogP contribution in [0.25, 0.3) is 0 Å². The Labute approximate surface area is 82.7 Å². The maximum absolute atomic E-state index is 4.25. The van der Waals surface area contributed by atoms with Crippen molar-refractivity contribution < 1.29 is 0 Å². The molecule has 0 amide bonds. The zero-order chi connectivity index (χ0) is 9.80. The highest BCUT2D eigenvalue weighted by Gasteiger charge is 2.21. The summed E-state index contributed by atoms with van der Waals surface area (Å²) in [5.74, 6) is 1.32. The Bertz CT molecular complexity index is 321. The van der Waals surface area contributed by atoms with Gasteiger partial charge in [-0.3, -0.25) is 0 Å². The molecule has 0 aliphatic heterocycles.